The first-order valence-corrected chi connectivity index (χ1v) is 6.03. The molecule has 15 heavy (non-hydrogen) atoms. The van der Waals surface area contributed by atoms with Crippen molar-refractivity contribution in [2.75, 3.05) is 26.8 Å². The number of thiocarbonyl (C=S) groups is 1. The summed E-state index contributed by atoms with van der Waals surface area (Å²) in [7, 11) is 1.73. The summed E-state index contributed by atoms with van der Waals surface area (Å²) >= 11 is 4.90. The Hall–Kier alpha value is -0.190. The van der Waals surface area contributed by atoms with E-state index in [1.54, 1.807) is 7.11 Å². The van der Waals surface area contributed by atoms with Gasteiger partial charge in [0, 0.05) is 32.7 Å². The van der Waals surface area contributed by atoms with E-state index in [2.05, 4.69) is 18.7 Å². The minimum absolute atomic E-state index is 0.583. The van der Waals surface area contributed by atoms with Crippen LogP contribution in [0.5, 0.6) is 0 Å². The number of hydrogen-bond donors (Lipinski definition) is 1. The van der Waals surface area contributed by atoms with Crippen molar-refractivity contribution in [2.24, 2.45) is 5.73 Å². The van der Waals surface area contributed by atoms with Crippen molar-refractivity contribution in [3.8, 4) is 0 Å². The minimum atomic E-state index is 0.583. The summed E-state index contributed by atoms with van der Waals surface area (Å²) in [5, 5.41) is 0. The monoisotopic (exact) mass is 232 g/mol. The molecule has 0 bridgehead atoms. The van der Waals surface area contributed by atoms with Crippen LogP contribution in [-0.2, 0) is 4.74 Å². The van der Waals surface area contributed by atoms with E-state index < -0.39 is 0 Å². The first-order chi connectivity index (χ1) is 7.11. The zero-order valence-electron chi connectivity index (χ0n) is 10.2. The van der Waals surface area contributed by atoms with E-state index in [0.29, 0.717) is 11.0 Å². The summed E-state index contributed by atoms with van der Waals surface area (Å²) in [4.78, 5) is 2.99. The van der Waals surface area contributed by atoms with E-state index in [9.17, 15) is 0 Å². The van der Waals surface area contributed by atoms with Crippen LogP contribution in [0.2, 0.25) is 0 Å². The minimum Gasteiger partial charge on any atom is -0.393 e. The number of rotatable bonds is 9. The molecule has 0 rings (SSSR count). The van der Waals surface area contributed by atoms with Crippen LogP contribution in [0.1, 0.15) is 33.1 Å². The highest BCUT2D eigenvalue weighted by Gasteiger charge is 2.12. The van der Waals surface area contributed by atoms with Gasteiger partial charge in [0.2, 0.25) is 0 Å². The lowest BCUT2D eigenvalue weighted by atomic mass is 10.1. The Bertz CT molecular complexity index is 176. The largest absolute Gasteiger partial charge is 0.393 e. The number of hydrogen-bond acceptors (Lipinski definition) is 3. The van der Waals surface area contributed by atoms with Crippen molar-refractivity contribution in [1.29, 1.82) is 0 Å². The van der Waals surface area contributed by atoms with Gasteiger partial charge in [0.15, 0.2) is 0 Å². The molecule has 0 aromatic carbocycles. The molecule has 0 saturated carbocycles. The average Bonchev–Trinajstić information content (AvgIpc) is 2.17. The quantitative estimate of drug-likeness (QED) is 0.615. The fourth-order valence-electron chi connectivity index (χ4n) is 1.62. The first-order valence-electron chi connectivity index (χ1n) is 5.63. The first kappa shape index (κ1) is 14.8. The summed E-state index contributed by atoms with van der Waals surface area (Å²) < 4.78 is 5.10. The smallest absolute Gasteiger partial charge is 0.0740 e. The van der Waals surface area contributed by atoms with Crippen LogP contribution >= 0.6 is 12.2 Å². The Morgan fingerprint density at radius 2 is 2.13 bits per heavy atom. The molecule has 0 aromatic heterocycles. The van der Waals surface area contributed by atoms with Gasteiger partial charge < -0.3 is 10.5 Å². The van der Waals surface area contributed by atoms with Gasteiger partial charge in [0.25, 0.3) is 0 Å². The maximum Gasteiger partial charge on any atom is 0.0740 e. The second-order valence-corrected chi connectivity index (χ2v) is 4.41. The zero-order valence-corrected chi connectivity index (χ0v) is 11.0. The maximum absolute atomic E-state index is 5.52. The lowest BCUT2D eigenvalue weighted by molar-refractivity contribution is 0.123. The van der Waals surface area contributed by atoms with Crippen molar-refractivity contribution < 1.29 is 4.74 Å². The van der Waals surface area contributed by atoms with E-state index in [4.69, 9.17) is 22.7 Å². The lowest BCUT2D eigenvalue weighted by Gasteiger charge is -2.28. The molecule has 90 valence electrons. The highest BCUT2D eigenvalue weighted by atomic mass is 32.1. The van der Waals surface area contributed by atoms with Crippen LogP contribution in [-0.4, -0.2) is 42.7 Å². The molecule has 0 amide bonds. The van der Waals surface area contributed by atoms with Gasteiger partial charge in [-0.15, -0.1) is 0 Å². The molecule has 0 aliphatic carbocycles. The summed E-state index contributed by atoms with van der Waals surface area (Å²) in [6.45, 7) is 7.13. The van der Waals surface area contributed by atoms with Crippen molar-refractivity contribution >= 4 is 17.2 Å². The zero-order chi connectivity index (χ0) is 11.7. The van der Waals surface area contributed by atoms with Crippen LogP contribution in [0.15, 0.2) is 0 Å². The molecular formula is C11H24N2OS. The predicted octanol–water partition coefficient (Wildman–Crippen LogP) is 1.80. The molecule has 0 spiro atoms. The fourth-order valence-corrected chi connectivity index (χ4v) is 1.71. The van der Waals surface area contributed by atoms with Gasteiger partial charge in [0.05, 0.1) is 11.6 Å². The molecular weight excluding hydrogens is 208 g/mol. The second kappa shape index (κ2) is 9.07. The van der Waals surface area contributed by atoms with Crippen LogP contribution in [0.25, 0.3) is 0 Å². The molecule has 0 aliphatic heterocycles. The topological polar surface area (TPSA) is 38.5 Å². The number of methoxy groups -OCH3 is 1. The molecule has 3 nitrogen and oxygen atoms in total. The van der Waals surface area contributed by atoms with E-state index >= 15 is 0 Å². The van der Waals surface area contributed by atoms with E-state index in [1.165, 1.54) is 12.8 Å². The van der Waals surface area contributed by atoms with Gasteiger partial charge in [-0.3, -0.25) is 4.90 Å². The molecule has 0 radical (unpaired) electrons. The van der Waals surface area contributed by atoms with E-state index in [0.717, 1.165) is 26.1 Å². The van der Waals surface area contributed by atoms with Crippen molar-refractivity contribution in [1.82, 2.24) is 4.90 Å². The summed E-state index contributed by atoms with van der Waals surface area (Å²) in [5.41, 5.74) is 5.52. The molecule has 0 heterocycles. The highest BCUT2D eigenvalue weighted by Crippen LogP contribution is 2.07. The van der Waals surface area contributed by atoms with Crippen molar-refractivity contribution in [2.45, 2.75) is 39.2 Å². The van der Waals surface area contributed by atoms with Gasteiger partial charge in [-0.1, -0.05) is 25.6 Å². The van der Waals surface area contributed by atoms with E-state index in [1.807, 2.05) is 0 Å². The SMILES string of the molecule is CCCC(C)N(CCOC)CCC(N)=S. The van der Waals surface area contributed by atoms with Crippen LogP contribution in [0.4, 0.5) is 0 Å². The fraction of sp³-hybridized carbons (Fsp3) is 0.909. The number of nitrogens with zero attached hydrogens (tertiary/aromatic N) is 1. The van der Waals surface area contributed by atoms with Gasteiger partial charge in [-0.2, -0.15) is 0 Å². The average molecular weight is 232 g/mol. The lowest BCUT2D eigenvalue weighted by Crippen LogP contribution is -2.37. The summed E-state index contributed by atoms with van der Waals surface area (Å²) in [6, 6.07) is 0.583. The molecule has 2 N–H and O–H groups in total. The summed E-state index contributed by atoms with van der Waals surface area (Å²) in [5.74, 6) is 0. The standard InChI is InChI=1S/C11H24N2OS/c1-4-5-10(2)13(8-9-14-3)7-6-11(12)15/h10H,4-9H2,1-3H3,(H2,12,15). The third-order valence-electron chi connectivity index (χ3n) is 2.56. The Labute approximate surface area is 99.0 Å². The predicted molar refractivity (Wildman–Crippen MR) is 69.2 cm³/mol. The molecule has 0 aliphatic rings. The maximum atomic E-state index is 5.52. The van der Waals surface area contributed by atoms with E-state index in [-0.39, 0.29) is 0 Å². The Morgan fingerprint density at radius 1 is 1.47 bits per heavy atom. The van der Waals surface area contributed by atoms with Crippen LogP contribution < -0.4 is 5.73 Å². The highest BCUT2D eigenvalue weighted by molar-refractivity contribution is 7.80. The normalized spacial score (nSPS) is 13.1. The van der Waals surface area contributed by atoms with Gasteiger partial charge >= 0.3 is 0 Å². The second-order valence-electron chi connectivity index (χ2n) is 3.88. The molecule has 0 fully saturated rings. The van der Waals surface area contributed by atoms with Crippen molar-refractivity contribution in [3.63, 3.8) is 0 Å². The van der Waals surface area contributed by atoms with Gasteiger partial charge in [0.1, 0.15) is 0 Å². The van der Waals surface area contributed by atoms with Gasteiger partial charge in [-0.05, 0) is 13.3 Å². The van der Waals surface area contributed by atoms with Crippen LogP contribution in [0, 0.1) is 0 Å². The number of nitrogens with two attached hydrogens (primary N) is 1. The molecule has 1 atom stereocenters. The molecule has 0 aromatic rings. The third-order valence-corrected chi connectivity index (χ3v) is 2.76. The number of ether oxygens (including phenoxy) is 1. The van der Waals surface area contributed by atoms with Gasteiger partial charge in [-0.25, -0.2) is 0 Å². The molecule has 4 heteroatoms. The third kappa shape index (κ3) is 7.71. The Kier molecular flexibility index (Phi) is 8.95. The van der Waals surface area contributed by atoms with Crippen LogP contribution in [0.3, 0.4) is 0 Å². The Morgan fingerprint density at radius 3 is 2.60 bits per heavy atom. The van der Waals surface area contributed by atoms with Crippen molar-refractivity contribution in [3.05, 3.63) is 0 Å². The molecule has 1 unspecified atom stereocenters. The Balaban J connectivity index is 3.98. The summed E-state index contributed by atoms with van der Waals surface area (Å²) in [6.07, 6.45) is 3.21. The molecule has 0 saturated heterocycles.